The van der Waals surface area contributed by atoms with Crippen molar-refractivity contribution in [2.24, 2.45) is 0 Å². The van der Waals surface area contributed by atoms with Gasteiger partial charge in [0.15, 0.2) is 0 Å². The van der Waals surface area contributed by atoms with Crippen LogP contribution in [0.15, 0.2) is 79.5 Å². The number of carbonyl (C=O) groups is 1. The average Bonchev–Trinajstić information content (AvgIpc) is 2.93. The highest BCUT2D eigenvalue weighted by Crippen LogP contribution is 2.32. The molecule has 0 spiro atoms. The van der Waals surface area contributed by atoms with Gasteiger partial charge in [-0.1, -0.05) is 48.5 Å². The van der Waals surface area contributed by atoms with Gasteiger partial charge >= 0.3 is 0 Å². The first-order valence-electron chi connectivity index (χ1n) is 13.2. The van der Waals surface area contributed by atoms with Crippen LogP contribution >= 0.6 is 11.6 Å². The smallest absolute Gasteiger partial charge is 0.247 e. The molecule has 1 aliphatic heterocycles. The van der Waals surface area contributed by atoms with Gasteiger partial charge in [-0.3, -0.25) is 9.69 Å². The number of anilines is 4. The second-order valence-corrected chi connectivity index (χ2v) is 11.0. The van der Waals surface area contributed by atoms with Gasteiger partial charge in [-0.15, -0.1) is 0 Å². The van der Waals surface area contributed by atoms with Gasteiger partial charge in [0, 0.05) is 61.2 Å². The molecule has 1 saturated heterocycles. The van der Waals surface area contributed by atoms with Crippen molar-refractivity contribution in [2.75, 3.05) is 48.3 Å². The average molecular weight is 557 g/mol. The number of rotatable bonds is 8. The number of piperazine rings is 1. The van der Waals surface area contributed by atoms with E-state index in [9.17, 15) is 9.90 Å². The summed E-state index contributed by atoms with van der Waals surface area (Å²) < 4.78 is 0. The van der Waals surface area contributed by atoms with Crippen molar-refractivity contribution in [3.8, 4) is 11.1 Å². The molecule has 3 N–H and O–H groups in total. The van der Waals surface area contributed by atoms with E-state index in [1.165, 1.54) is 6.08 Å². The zero-order valence-corrected chi connectivity index (χ0v) is 23.4. The van der Waals surface area contributed by atoms with Crippen molar-refractivity contribution >= 4 is 51.4 Å². The summed E-state index contributed by atoms with van der Waals surface area (Å²) >= 11 is 6.70. The highest BCUT2D eigenvalue weighted by atomic mass is 35.5. The number of β-amino-alcohol motifs (C(OH)–C–C–N with tert-alkyl or cyclic N) is 1. The van der Waals surface area contributed by atoms with Crippen molar-refractivity contribution < 1.29 is 9.90 Å². The predicted octanol–water partition coefficient (Wildman–Crippen LogP) is 5.71. The number of carbonyl (C=O) groups excluding carboxylic acids is 1. The van der Waals surface area contributed by atoms with E-state index in [-0.39, 0.29) is 5.91 Å². The Balaban J connectivity index is 1.34. The monoisotopic (exact) mass is 556 g/mol. The van der Waals surface area contributed by atoms with Crippen LogP contribution in [0.4, 0.5) is 23.0 Å². The number of halogens is 1. The molecule has 5 rings (SSSR count). The fraction of sp³-hybridized carbons (Fsp3) is 0.258. The molecule has 0 aliphatic carbocycles. The first kappa shape index (κ1) is 27.6. The number of hydrogen-bond acceptors (Lipinski definition) is 7. The van der Waals surface area contributed by atoms with Gasteiger partial charge < -0.3 is 20.6 Å². The fourth-order valence-corrected chi connectivity index (χ4v) is 5.16. The molecule has 0 atom stereocenters. The molecule has 206 valence electrons. The first-order valence-corrected chi connectivity index (χ1v) is 13.6. The number of fused-ring (bicyclic) bond motifs is 1. The summed E-state index contributed by atoms with van der Waals surface area (Å²) in [5.74, 6) is 0.172. The molecule has 3 aromatic carbocycles. The summed E-state index contributed by atoms with van der Waals surface area (Å²) in [4.78, 5) is 25.7. The lowest BCUT2D eigenvalue weighted by atomic mass is 10.0. The van der Waals surface area contributed by atoms with E-state index < -0.39 is 5.60 Å². The van der Waals surface area contributed by atoms with Gasteiger partial charge in [-0.2, -0.15) is 0 Å². The van der Waals surface area contributed by atoms with E-state index in [0.717, 1.165) is 59.6 Å². The number of hydrogen-bond donors (Lipinski definition) is 3. The number of amides is 1. The number of para-hydroxylation sites is 1. The van der Waals surface area contributed by atoms with Gasteiger partial charge in [0.05, 0.1) is 21.8 Å². The number of benzene rings is 3. The van der Waals surface area contributed by atoms with Crippen molar-refractivity contribution in [1.29, 1.82) is 0 Å². The van der Waals surface area contributed by atoms with Gasteiger partial charge in [0.25, 0.3) is 0 Å². The molecule has 8 nitrogen and oxygen atoms in total. The third-order valence-electron chi connectivity index (χ3n) is 6.78. The summed E-state index contributed by atoms with van der Waals surface area (Å²) in [6.07, 6.45) is 3.03. The highest BCUT2D eigenvalue weighted by Gasteiger charge is 2.23. The Morgan fingerprint density at radius 1 is 1.10 bits per heavy atom. The Kier molecular flexibility index (Phi) is 8.02. The van der Waals surface area contributed by atoms with E-state index in [2.05, 4.69) is 38.1 Å². The van der Waals surface area contributed by atoms with E-state index in [0.29, 0.717) is 23.2 Å². The SMILES string of the molecule is C=CC(=O)Nc1cccc(-c2cccc3cnc(Nc4ccc(N5CCN(CC(C)(C)O)CC5)cc4Cl)nc23)c1. The molecule has 0 bridgehead atoms. The summed E-state index contributed by atoms with van der Waals surface area (Å²) in [5, 5.41) is 17.7. The Morgan fingerprint density at radius 3 is 2.60 bits per heavy atom. The van der Waals surface area contributed by atoms with Crippen LogP contribution in [-0.4, -0.2) is 64.2 Å². The molecule has 1 aliphatic rings. The second-order valence-electron chi connectivity index (χ2n) is 10.6. The van der Waals surface area contributed by atoms with Crippen LogP contribution in [0, 0.1) is 0 Å². The fourth-order valence-electron chi connectivity index (χ4n) is 4.94. The quantitative estimate of drug-likeness (QED) is 0.239. The maximum absolute atomic E-state index is 11.8. The molecular formula is C31H33ClN6O2. The van der Waals surface area contributed by atoms with E-state index >= 15 is 0 Å². The van der Waals surface area contributed by atoms with Gasteiger partial charge in [-0.25, -0.2) is 9.97 Å². The van der Waals surface area contributed by atoms with Crippen molar-refractivity contribution in [1.82, 2.24) is 14.9 Å². The Bertz CT molecular complexity index is 1540. The lowest BCUT2D eigenvalue weighted by Gasteiger charge is -2.38. The standard InChI is InChI=1S/C31H33ClN6O2/c1-4-28(39)34-23-9-5-7-21(17-23)25-10-6-8-22-19-33-30(36-29(22)25)35-27-12-11-24(18-26(27)32)38-15-13-37(14-16-38)20-31(2,3)40/h4-12,17-19,40H,1,13-16,20H2,2-3H3,(H,34,39)(H,33,35,36). The molecule has 0 radical (unpaired) electrons. The zero-order valence-electron chi connectivity index (χ0n) is 22.7. The predicted molar refractivity (Wildman–Crippen MR) is 163 cm³/mol. The van der Waals surface area contributed by atoms with Crippen molar-refractivity contribution in [3.63, 3.8) is 0 Å². The Labute approximate surface area is 239 Å². The normalized spacial score (nSPS) is 14.2. The number of aromatic nitrogens is 2. The van der Waals surface area contributed by atoms with Crippen LogP contribution in [0.5, 0.6) is 0 Å². The summed E-state index contributed by atoms with van der Waals surface area (Å²) in [5.41, 5.74) is 4.38. The molecule has 4 aromatic rings. The molecule has 2 heterocycles. The van der Waals surface area contributed by atoms with Crippen molar-refractivity contribution in [3.05, 3.63) is 84.5 Å². The minimum absolute atomic E-state index is 0.264. The Morgan fingerprint density at radius 2 is 1.88 bits per heavy atom. The zero-order chi connectivity index (χ0) is 28.3. The minimum Gasteiger partial charge on any atom is -0.389 e. The lowest BCUT2D eigenvalue weighted by Crippen LogP contribution is -2.50. The van der Waals surface area contributed by atoms with Crippen LogP contribution in [0.3, 0.4) is 0 Å². The molecule has 1 amide bonds. The Hall–Kier alpha value is -3.98. The number of aliphatic hydroxyl groups is 1. The second kappa shape index (κ2) is 11.6. The van der Waals surface area contributed by atoms with Crippen LogP contribution in [0.25, 0.3) is 22.0 Å². The topological polar surface area (TPSA) is 93.6 Å². The highest BCUT2D eigenvalue weighted by molar-refractivity contribution is 6.33. The molecular weight excluding hydrogens is 524 g/mol. The molecule has 1 fully saturated rings. The number of nitrogens with zero attached hydrogens (tertiary/aromatic N) is 4. The molecule has 9 heteroatoms. The van der Waals surface area contributed by atoms with Crippen LogP contribution in [0.1, 0.15) is 13.8 Å². The summed E-state index contributed by atoms with van der Waals surface area (Å²) in [6, 6.07) is 19.5. The van der Waals surface area contributed by atoms with E-state index in [1.54, 1.807) is 6.20 Å². The summed E-state index contributed by atoms with van der Waals surface area (Å²) in [6.45, 7) is 11.4. The van der Waals surface area contributed by atoms with Crippen LogP contribution < -0.4 is 15.5 Å². The van der Waals surface area contributed by atoms with E-state index in [1.807, 2.05) is 68.4 Å². The van der Waals surface area contributed by atoms with Crippen LogP contribution in [0.2, 0.25) is 5.02 Å². The molecule has 0 saturated carbocycles. The molecule has 1 aromatic heterocycles. The third kappa shape index (κ3) is 6.59. The largest absolute Gasteiger partial charge is 0.389 e. The number of nitrogens with one attached hydrogen (secondary N) is 2. The van der Waals surface area contributed by atoms with Crippen LogP contribution in [-0.2, 0) is 4.79 Å². The van der Waals surface area contributed by atoms with Gasteiger partial charge in [-0.05, 0) is 55.8 Å². The summed E-state index contributed by atoms with van der Waals surface area (Å²) in [7, 11) is 0. The lowest BCUT2D eigenvalue weighted by molar-refractivity contribution is -0.111. The maximum Gasteiger partial charge on any atom is 0.247 e. The van der Waals surface area contributed by atoms with Gasteiger partial charge in [0.1, 0.15) is 0 Å². The maximum atomic E-state index is 11.8. The minimum atomic E-state index is -0.697. The third-order valence-corrected chi connectivity index (χ3v) is 7.10. The molecule has 0 unspecified atom stereocenters. The molecule has 40 heavy (non-hydrogen) atoms. The van der Waals surface area contributed by atoms with E-state index in [4.69, 9.17) is 16.6 Å². The van der Waals surface area contributed by atoms with Gasteiger partial charge in [0.2, 0.25) is 11.9 Å². The first-order chi connectivity index (χ1) is 19.2. The van der Waals surface area contributed by atoms with Crippen molar-refractivity contribution in [2.45, 2.75) is 19.4 Å².